The molecular weight excluding hydrogens is 527 g/mol. The summed E-state index contributed by atoms with van der Waals surface area (Å²) in [7, 11) is 1.85. The van der Waals surface area contributed by atoms with Crippen molar-refractivity contribution in [1.82, 2.24) is 24.3 Å². The van der Waals surface area contributed by atoms with Crippen molar-refractivity contribution in [2.75, 3.05) is 36.1 Å². The SMILES string of the molecule is CNc1ccc(NC(=O)N2CC=C(Nc3nccc(-c4c(-c5ccc(F)cc5)nc5sc(C)cn45)n3)CC2)cc1. The number of benzene rings is 2. The Morgan fingerprint density at radius 2 is 1.80 bits per heavy atom. The summed E-state index contributed by atoms with van der Waals surface area (Å²) in [6, 6.07) is 15.6. The van der Waals surface area contributed by atoms with Gasteiger partial charge in [-0.2, -0.15) is 0 Å². The smallest absolute Gasteiger partial charge is 0.322 e. The average Bonchev–Trinajstić information content (AvgIpc) is 3.50. The maximum absolute atomic E-state index is 13.6. The fourth-order valence-electron chi connectivity index (χ4n) is 4.59. The minimum Gasteiger partial charge on any atom is -0.388 e. The van der Waals surface area contributed by atoms with Gasteiger partial charge in [0.05, 0.1) is 11.4 Å². The molecule has 202 valence electrons. The summed E-state index contributed by atoms with van der Waals surface area (Å²) >= 11 is 1.59. The highest BCUT2D eigenvalue weighted by molar-refractivity contribution is 7.17. The van der Waals surface area contributed by atoms with Crippen molar-refractivity contribution in [2.24, 2.45) is 0 Å². The van der Waals surface area contributed by atoms with Gasteiger partial charge in [0.2, 0.25) is 5.95 Å². The maximum atomic E-state index is 13.6. The van der Waals surface area contributed by atoms with Gasteiger partial charge in [0.25, 0.3) is 0 Å². The number of aromatic nitrogens is 4. The number of nitrogens with one attached hydrogen (secondary N) is 3. The van der Waals surface area contributed by atoms with E-state index in [-0.39, 0.29) is 11.8 Å². The lowest BCUT2D eigenvalue weighted by Gasteiger charge is -2.27. The van der Waals surface area contributed by atoms with Crippen LogP contribution < -0.4 is 16.0 Å². The van der Waals surface area contributed by atoms with Crippen LogP contribution in [-0.2, 0) is 0 Å². The number of fused-ring (bicyclic) bond motifs is 1. The van der Waals surface area contributed by atoms with Gasteiger partial charge >= 0.3 is 6.03 Å². The lowest BCUT2D eigenvalue weighted by Crippen LogP contribution is -2.38. The molecule has 2 aromatic carbocycles. The Morgan fingerprint density at radius 1 is 1.02 bits per heavy atom. The molecule has 0 atom stereocenters. The zero-order valence-electron chi connectivity index (χ0n) is 22.0. The molecule has 9 nitrogen and oxygen atoms in total. The quantitative estimate of drug-likeness (QED) is 0.230. The van der Waals surface area contributed by atoms with Crippen molar-refractivity contribution in [3.63, 3.8) is 0 Å². The van der Waals surface area contributed by atoms with Crippen LogP contribution in [0.5, 0.6) is 0 Å². The first kappa shape index (κ1) is 25.5. The number of urea groups is 1. The van der Waals surface area contributed by atoms with Crippen LogP contribution in [0.1, 0.15) is 11.3 Å². The first-order valence-electron chi connectivity index (χ1n) is 12.8. The molecule has 11 heteroatoms. The van der Waals surface area contributed by atoms with Gasteiger partial charge in [0, 0.05) is 66.5 Å². The summed E-state index contributed by atoms with van der Waals surface area (Å²) in [5.41, 5.74) is 5.73. The number of carbonyl (C=O) groups is 1. The highest BCUT2D eigenvalue weighted by atomic mass is 32.1. The molecule has 40 heavy (non-hydrogen) atoms. The molecule has 1 aliphatic rings. The molecule has 0 aliphatic carbocycles. The third-order valence-electron chi connectivity index (χ3n) is 6.65. The Bertz CT molecular complexity index is 1710. The highest BCUT2D eigenvalue weighted by Gasteiger charge is 2.21. The van der Waals surface area contributed by atoms with Crippen molar-refractivity contribution >= 4 is 39.7 Å². The third kappa shape index (κ3) is 5.23. The Hall–Kier alpha value is -4.77. The van der Waals surface area contributed by atoms with E-state index in [4.69, 9.17) is 9.97 Å². The number of amides is 2. The van der Waals surface area contributed by atoms with E-state index < -0.39 is 0 Å². The van der Waals surface area contributed by atoms with Crippen LogP contribution >= 0.6 is 11.3 Å². The molecule has 0 fully saturated rings. The standard InChI is InChI=1S/C29H27FN8OS/c1-18-17-38-26(25(36-29(38)40-18)19-3-5-20(30)6-4-19)24-11-14-32-27(35-24)33-23-12-15-37(16-13-23)28(39)34-22-9-7-21(31-2)8-10-22/h3-12,14,17,31H,13,15-16H2,1-2H3,(H,34,39)(H,32,33,35). The van der Waals surface area contributed by atoms with Gasteiger partial charge in [0.1, 0.15) is 11.5 Å². The predicted octanol–water partition coefficient (Wildman–Crippen LogP) is 6.24. The van der Waals surface area contributed by atoms with Crippen LogP contribution in [-0.4, -0.2) is 50.4 Å². The predicted molar refractivity (Wildman–Crippen MR) is 157 cm³/mol. The molecule has 0 saturated carbocycles. The maximum Gasteiger partial charge on any atom is 0.322 e. The summed E-state index contributed by atoms with van der Waals surface area (Å²) in [5, 5.41) is 9.33. The van der Waals surface area contributed by atoms with Crippen LogP contribution in [0, 0.1) is 12.7 Å². The topological polar surface area (TPSA) is 99.5 Å². The molecule has 3 N–H and O–H groups in total. The van der Waals surface area contributed by atoms with Crippen molar-refractivity contribution in [3.8, 4) is 22.6 Å². The fraction of sp³-hybridized carbons (Fsp3) is 0.172. The van der Waals surface area contributed by atoms with Crippen molar-refractivity contribution in [3.05, 3.63) is 89.5 Å². The van der Waals surface area contributed by atoms with Gasteiger partial charge in [-0.1, -0.05) is 0 Å². The van der Waals surface area contributed by atoms with Gasteiger partial charge in [0.15, 0.2) is 4.96 Å². The monoisotopic (exact) mass is 554 g/mol. The average molecular weight is 555 g/mol. The second kappa shape index (κ2) is 10.8. The lowest BCUT2D eigenvalue weighted by molar-refractivity contribution is 0.215. The Labute approximate surface area is 234 Å². The van der Waals surface area contributed by atoms with Crippen molar-refractivity contribution in [2.45, 2.75) is 13.3 Å². The second-order valence-corrected chi connectivity index (χ2v) is 10.6. The zero-order valence-corrected chi connectivity index (χ0v) is 22.8. The minimum absolute atomic E-state index is 0.144. The number of hydrogen-bond acceptors (Lipinski definition) is 7. The number of imidazole rings is 1. The van der Waals surface area contributed by atoms with E-state index in [0.717, 1.165) is 43.9 Å². The number of hydrogen-bond donors (Lipinski definition) is 3. The summed E-state index contributed by atoms with van der Waals surface area (Å²) in [6.07, 6.45) is 6.36. The summed E-state index contributed by atoms with van der Waals surface area (Å²) in [6.45, 7) is 3.06. The van der Waals surface area contributed by atoms with Crippen LogP contribution in [0.2, 0.25) is 0 Å². The first-order chi connectivity index (χ1) is 19.5. The van der Waals surface area contributed by atoms with E-state index in [2.05, 4.69) is 20.9 Å². The Kier molecular flexibility index (Phi) is 6.87. The van der Waals surface area contributed by atoms with Crippen LogP contribution in [0.25, 0.3) is 27.6 Å². The van der Waals surface area contributed by atoms with E-state index in [1.54, 1.807) is 34.6 Å². The van der Waals surface area contributed by atoms with Gasteiger partial charge in [-0.15, -0.1) is 11.3 Å². The molecule has 0 bridgehead atoms. The number of carbonyl (C=O) groups excluding carboxylic acids is 1. The lowest BCUT2D eigenvalue weighted by atomic mass is 10.1. The summed E-state index contributed by atoms with van der Waals surface area (Å²) in [5.74, 6) is 0.161. The number of halogens is 1. The minimum atomic E-state index is -0.296. The molecule has 6 rings (SSSR count). The number of rotatable bonds is 6. The highest BCUT2D eigenvalue weighted by Crippen LogP contribution is 2.35. The zero-order chi connectivity index (χ0) is 27.6. The van der Waals surface area contributed by atoms with E-state index >= 15 is 0 Å². The van der Waals surface area contributed by atoms with Crippen LogP contribution in [0.15, 0.2) is 78.8 Å². The normalized spacial score (nSPS) is 13.3. The number of anilines is 3. The van der Waals surface area contributed by atoms with E-state index in [1.807, 2.05) is 61.0 Å². The first-order valence-corrected chi connectivity index (χ1v) is 13.7. The molecule has 2 amide bonds. The molecule has 3 aromatic heterocycles. The largest absolute Gasteiger partial charge is 0.388 e. The molecule has 0 saturated heterocycles. The van der Waals surface area contributed by atoms with Crippen molar-refractivity contribution in [1.29, 1.82) is 0 Å². The number of thiazole rings is 1. The van der Waals surface area contributed by atoms with E-state index in [0.29, 0.717) is 31.2 Å². The Balaban J connectivity index is 1.19. The number of aryl methyl sites for hydroxylation is 1. The molecule has 4 heterocycles. The number of nitrogens with zero attached hydrogens (tertiary/aromatic N) is 5. The third-order valence-corrected chi connectivity index (χ3v) is 7.55. The summed E-state index contributed by atoms with van der Waals surface area (Å²) in [4.78, 5) is 30.5. The van der Waals surface area contributed by atoms with Gasteiger partial charge < -0.3 is 20.9 Å². The van der Waals surface area contributed by atoms with E-state index in [9.17, 15) is 9.18 Å². The molecule has 5 aromatic rings. The fourth-order valence-corrected chi connectivity index (χ4v) is 5.42. The van der Waals surface area contributed by atoms with Crippen LogP contribution in [0.4, 0.5) is 26.5 Å². The molecule has 0 spiro atoms. The van der Waals surface area contributed by atoms with Crippen molar-refractivity contribution < 1.29 is 9.18 Å². The van der Waals surface area contributed by atoms with E-state index in [1.165, 1.54) is 12.1 Å². The van der Waals surface area contributed by atoms with Gasteiger partial charge in [-0.3, -0.25) is 4.40 Å². The molecule has 0 unspecified atom stereocenters. The second-order valence-electron chi connectivity index (χ2n) is 9.38. The molecule has 0 radical (unpaired) electrons. The summed E-state index contributed by atoms with van der Waals surface area (Å²) < 4.78 is 15.6. The Morgan fingerprint density at radius 3 is 2.52 bits per heavy atom. The molecular formula is C29H27FN8OS. The van der Waals surface area contributed by atoms with Gasteiger partial charge in [-0.05, 0) is 67.6 Å². The van der Waals surface area contributed by atoms with Crippen LogP contribution in [0.3, 0.4) is 0 Å². The molecule has 1 aliphatic heterocycles. The van der Waals surface area contributed by atoms with Gasteiger partial charge in [-0.25, -0.2) is 24.1 Å².